The van der Waals surface area contributed by atoms with Crippen molar-refractivity contribution < 1.29 is 14.4 Å². The quantitative estimate of drug-likeness (QED) is 0.557. The summed E-state index contributed by atoms with van der Waals surface area (Å²) in [5, 5.41) is 0.596. The first kappa shape index (κ1) is 21.2. The molecule has 3 aromatic rings. The van der Waals surface area contributed by atoms with E-state index < -0.39 is 0 Å². The zero-order valence-electron chi connectivity index (χ0n) is 17.8. The molecule has 0 bridgehead atoms. The Labute approximate surface area is 196 Å². The largest absolute Gasteiger partial charge is 0.353 e. The Hall–Kier alpha value is -3.71. The van der Waals surface area contributed by atoms with Gasteiger partial charge in [-0.15, -0.1) is 0 Å². The summed E-state index contributed by atoms with van der Waals surface area (Å²) < 4.78 is 0. The van der Waals surface area contributed by atoms with E-state index in [0.29, 0.717) is 47.9 Å². The summed E-state index contributed by atoms with van der Waals surface area (Å²) in [4.78, 5) is 47.6. The van der Waals surface area contributed by atoms with Gasteiger partial charge in [0.05, 0.1) is 22.7 Å². The predicted octanol–water partition coefficient (Wildman–Crippen LogP) is 3.49. The van der Waals surface area contributed by atoms with Gasteiger partial charge < -0.3 is 9.80 Å². The van der Waals surface area contributed by atoms with Gasteiger partial charge in [0.15, 0.2) is 0 Å². The SMILES string of the molecule is O=C(c1ccc(CN2C(=O)c3ccccc3C2=O)cc1)N1CCN(c2ccc(Cl)cn2)CC1. The van der Waals surface area contributed by atoms with Crippen molar-refractivity contribution in [2.75, 3.05) is 31.1 Å². The van der Waals surface area contributed by atoms with Gasteiger partial charge in [0, 0.05) is 37.9 Å². The number of aromatic nitrogens is 1. The monoisotopic (exact) mass is 460 g/mol. The van der Waals surface area contributed by atoms with Crippen molar-refractivity contribution in [3.8, 4) is 0 Å². The maximum Gasteiger partial charge on any atom is 0.261 e. The Morgan fingerprint density at radius 2 is 1.48 bits per heavy atom. The lowest BCUT2D eigenvalue weighted by Gasteiger charge is -2.35. The number of fused-ring (bicyclic) bond motifs is 1. The van der Waals surface area contributed by atoms with Gasteiger partial charge in [0.25, 0.3) is 17.7 Å². The van der Waals surface area contributed by atoms with Crippen LogP contribution in [0.1, 0.15) is 36.6 Å². The molecule has 0 spiro atoms. The molecule has 2 aromatic carbocycles. The van der Waals surface area contributed by atoms with E-state index in [0.717, 1.165) is 11.4 Å². The number of hydrogen-bond donors (Lipinski definition) is 0. The molecule has 0 N–H and O–H groups in total. The Morgan fingerprint density at radius 3 is 2.06 bits per heavy atom. The van der Waals surface area contributed by atoms with E-state index in [-0.39, 0.29) is 24.3 Å². The molecule has 0 radical (unpaired) electrons. The summed E-state index contributed by atoms with van der Waals surface area (Å²) in [6, 6.07) is 17.6. The van der Waals surface area contributed by atoms with Crippen LogP contribution in [0.15, 0.2) is 66.9 Å². The number of imide groups is 1. The van der Waals surface area contributed by atoms with E-state index >= 15 is 0 Å². The minimum atomic E-state index is -0.288. The van der Waals surface area contributed by atoms with Crippen LogP contribution in [0.2, 0.25) is 5.02 Å². The van der Waals surface area contributed by atoms with Gasteiger partial charge in [-0.3, -0.25) is 19.3 Å². The smallest absolute Gasteiger partial charge is 0.261 e. The van der Waals surface area contributed by atoms with E-state index in [9.17, 15) is 14.4 Å². The van der Waals surface area contributed by atoms with Crippen LogP contribution < -0.4 is 4.90 Å². The number of piperazine rings is 1. The number of pyridine rings is 1. The number of hydrogen-bond acceptors (Lipinski definition) is 5. The van der Waals surface area contributed by atoms with E-state index in [4.69, 9.17) is 11.6 Å². The summed E-state index contributed by atoms with van der Waals surface area (Å²) in [6.45, 7) is 2.75. The van der Waals surface area contributed by atoms with Crippen LogP contribution in [-0.4, -0.2) is 58.7 Å². The lowest BCUT2D eigenvalue weighted by atomic mass is 10.1. The number of benzene rings is 2. The summed E-state index contributed by atoms with van der Waals surface area (Å²) in [5.41, 5.74) is 2.24. The summed E-state index contributed by atoms with van der Waals surface area (Å²) in [5.74, 6) is 0.239. The molecule has 0 saturated carbocycles. The molecule has 3 heterocycles. The molecule has 166 valence electrons. The van der Waals surface area contributed by atoms with Crippen molar-refractivity contribution in [2.24, 2.45) is 0 Å². The molecule has 3 amide bonds. The third-order valence-electron chi connectivity index (χ3n) is 6.02. The first-order valence-electron chi connectivity index (χ1n) is 10.7. The van der Waals surface area contributed by atoms with E-state index in [1.54, 1.807) is 54.7 Å². The van der Waals surface area contributed by atoms with Gasteiger partial charge >= 0.3 is 0 Å². The summed E-state index contributed by atoms with van der Waals surface area (Å²) in [6.07, 6.45) is 1.62. The van der Waals surface area contributed by atoms with Crippen molar-refractivity contribution in [1.82, 2.24) is 14.8 Å². The van der Waals surface area contributed by atoms with Gasteiger partial charge in [0.2, 0.25) is 0 Å². The highest BCUT2D eigenvalue weighted by molar-refractivity contribution is 6.30. The number of nitrogens with zero attached hydrogens (tertiary/aromatic N) is 4. The summed E-state index contributed by atoms with van der Waals surface area (Å²) in [7, 11) is 0. The number of anilines is 1. The maximum absolute atomic E-state index is 13.0. The summed E-state index contributed by atoms with van der Waals surface area (Å²) >= 11 is 5.91. The standard InChI is InChI=1S/C25H21ClN4O3/c26-19-9-10-22(27-15-19)28-11-13-29(14-12-28)23(31)18-7-5-17(6-8-18)16-30-24(32)20-3-1-2-4-21(20)25(30)33/h1-10,15H,11-14,16H2. The van der Waals surface area contributed by atoms with Crippen molar-refractivity contribution in [2.45, 2.75) is 6.54 Å². The van der Waals surface area contributed by atoms with Crippen LogP contribution in [0.5, 0.6) is 0 Å². The third-order valence-corrected chi connectivity index (χ3v) is 6.25. The number of carbonyl (C=O) groups excluding carboxylic acids is 3. The third kappa shape index (κ3) is 4.07. The average Bonchev–Trinajstić information content (AvgIpc) is 3.10. The van der Waals surface area contributed by atoms with Crippen LogP contribution in [0, 0.1) is 0 Å². The fraction of sp³-hybridized carbons (Fsp3) is 0.200. The molecule has 1 aromatic heterocycles. The first-order valence-corrected chi connectivity index (χ1v) is 11.1. The van der Waals surface area contributed by atoms with Crippen molar-refractivity contribution >= 4 is 35.1 Å². The van der Waals surface area contributed by atoms with E-state index in [2.05, 4.69) is 9.88 Å². The first-order chi connectivity index (χ1) is 16.0. The van der Waals surface area contributed by atoms with Crippen LogP contribution in [0.25, 0.3) is 0 Å². The highest BCUT2D eigenvalue weighted by atomic mass is 35.5. The molecule has 0 unspecified atom stereocenters. The second-order valence-corrected chi connectivity index (χ2v) is 8.49. The zero-order chi connectivity index (χ0) is 22.9. The Morgan fingerprint density at radius 1 is 0.848 bits per heavy atom. The van der Waals surface area contributed by atoms with Gasteiger partial charge in [-0.25, -0.2) is 4.98 Å². The highest BCUT2D eigenvalue weighted by Gasteiger charge is 2.35. The van der Waals surface area contributed by atoms with Gasteiger partial charge in [-0.1, -0.05) is 35.9 Å². The fourth-order valence-corrected chi connectivity index (χ4v) is 4.31. The molecule has 5 rings (SSSR count). The normalized spacial score (nSPS) is 15.7. The molecule has 0 atom stereocenters. The lowest BCUT2D eigenvalue weighted by molar-refractivity contribution is 0.0640. The molecule has 8 heteroatoms. The molecule has 1 fully saturated rings. The second-order valence-electron chi connectivity index (χ2n) is 8.05. The zero-order valence-corrected chi connectivity index (χ0v) is 18.5. The topological polar surface area (TPSA) is 73.8 Å². The molecule has 0 aliphatic carbocycles. The van der Waals surface area contributed by atoms with Crippen LogP contribution in [0.4, 0.5) is 5.82 Å². The van der Waals surface area contributed by atoms with E-state index in [1.807, 2.05) is 17.0 Å². The van der Waals surface area contributed by atoms with Crippen molar-refractivity contribution in [3.05, 3.63) is 94.1 Å². The maximum atomic E-state index is 13.0. The molecule has 7 nitrogen and oxygen atoms in total. The Balaban J connectivity index is 1.20. The molecule has 33 heavy (non-hydrogen) atoms. The number of amides is 3. The number of carbonyl (C=O) groups is 3. The Kier molecular flexibility index (Phi) is 5.56. The lowest BCUT2D eigenvalue weighted by Crippen LogP contribution is -2.49. The predicted molar refractivity (Wildman–Crippen MR) is 124 cm³/mol. The highest BCUT2D eigenvalue weighted by Crippen LogP contribution is 2.24. The van der Waals surface area contributed by atoms with Crippen LogP contribution in [-0.2, 0) is 6.54 Å². The van der Waals surface area contributed by atoms with E-state index in [1.165, 1.54) is 4.90 Å². The molecular weight excluding hydrogens is 440 g/mol. The van der Waals surface area contributed by atoms with Crippen LogP contribution >= 0.6 is 11.6 Å². The van der Waals surface area contributed by atoms with Crippen molar-refractivity contribution in [1.29, 1.82) is 0 Å². The Bertz CT molecular complexity index is 1180. The van der Waals surface area contributed by atoms with Gasteiger partial charge in [-0.05, 0) is 42.0 Å². The minimum absolute atomic E-state index is 0.0361. The van der Waals surface area contributed by atoms with Crippen LogP contribution in [0.3, 0.4) is 0 Å². The fourth-order valence-electron chi connectivity index (χ4n) is 4.19. The minimum Gasteiger partial charge on any atom is -0.353 e. The molecule has 2 aliphatic heterocycles. The second kappa shape index (κ2) is 8.67. The molecule has 1 saturated heterocycles. The number of rotatable bonds is 4. The average molecular weight is 461 g/mol. The number of halogens is 1. The molecular formula is C25H21ClN4O3. The van der Waals surface area contributed by atoms with Crippen molar-refractivity contribution in [3.63, 3.8) is 0 Å². The molecule has 2 aliphatic rings. The van der Waals surface area contributed by atoms with Gasteiger partial charge in [0.1, 0.15) is 5.82 Å². The van der Waals surface area contributed by atoms with Gasteiger partial charge in [-0.2, -0.15) is 0 Å².